The Labute approximate surface area is 102 Å². The van der Waals surface area contributed by atoms with E-state index in [9.17, 15) is 14.0 Å². The highest BCUT2D eigenvalue weighted by Crippen LogP contribution is 2.10. The number of rotatable bonds is 2. The van der Waals surface area contributed by atoms with Crippen LogP contribution in [0, 0.1) is 5.82 Å². The Morgan fingerprint density at radius 2 is 2.00 bits per heavy atom. The van der Waals surface area contributed by atoms with Crippen molar-refractivity contribution in [3.05, 3.63) is 44.9 Å². The number of benzene rings is 1. The van der Waals surface area contributed by atoms with E-state index >= 15 is 0 Å². The first-order valence-corrected chi connectivity index (χ1v) is 5.55. The van der Waals surface area contributed by atoms with Gasteiger partial charge in [0.1, 0.15) is 5.82 Å². The number of aromatic nitrogens is 2. The smallest absolute Gasteiger partial charge is 0.300 e. The van der Waals surface area contributed by atoms with Gasteiger partial charge < -0.3 is 5.32 Å². The molecule has 6 heteroatoms. The van der Waals surface area contributed by atoms with Gasteiger partial charge in [0.2, 0.25) is 0 Å². The summed E-state index contributed by atoms with van der Waals surface area (Å²) in [4.78, 5) is 24.3. The number of nitrogens with zero attached hydrogens (tertiary/aromatic N) is 2. The molecule has 0 amide bonds. The van der Waals surface area contributed by atoms with Gasteiger partial charge in [-0.25, -0.2) is 13.8 Å². The predicted molar refractivity (Wildman–Crippen MR) is 67.2 cm³/mol. The summed E-state index contributed by atoms with van der Waals surface area (Å²) >= 11 is 0. The van der Waals surface area contributed by atoms with E-state index in [0.29, 0.717) is 10.9 Å². The van der Waals surface area contributed by atoms with Crippen LogP contribution < -0.4 is 16.6 Å². The molecule has 0 saturated heterocycles. The Balaban J connectivity index is 2.97. The summed E-state index contributed by atoms with van der Waals surface area (Å²) in [7, 11) is 3.17. The molecule has 1 N–H and O–H groups in total. The largest absolute Gasteiger partial charge is 0.332 e. The summed E-state index contributed by atoms with van der Waals surface area (Å²) in [5, 5.41) is 3.16. The van der Waals surface area contributed by atoms with Crippen molar-refractivity contribution < 1.29 is 4.39 Å². The van der Waals surface area contributed by atoms with Crippen LogP contribution >= 0.6 is 0 Å². The van der Waals surface area contributed by atoms with Gasteiger partial charge in [0.25, 0.3) is 5.56 Å². The molecule has 0 fully saturated rings. The van der Waals surface area contributed by atoms with Gasteiger partial charge in [-0.05, 0) is 32.2 Å². The quantitative estimate of drug-likeness (QED) is 0.849. The molecule has 1 atom stereocenters. The van der Waals surface area contributed by atoms with Gasteiger partial charge in [0.15, 0.2) is 0 Å². The summed E-state index contributed by atoms with van der Waals surface area (Å²) in [6.45, 7) is 1.71. The highest BCUT2D eigenvalue weighted by Gasteiger charge is 2.14. The van der Waals surface area contributed by atoms with Gasteiger partial charge in [0.05, 0.1) is 17.1 Å². The molecule has 1 heterocycles. The van der Waals surface area contributed by atoms with E-state index in [-0.39, 0.29) is 0 Å². The number of hydrogen-bond donors (Lipinski definition) is 1. The standard InChI is InChI=1S/C12H14FN3O2/c1-7(14-2)16-11(17)9-5-4-8(13)6-10(9)15(3)12(16)18/h4-7,14H,1-3H3. The van der Waals surface area contributed by atoms with Gasteiger partial charge in [-0.3, -0.25) is 9.36 Å². The molecule has 0 spiro atoms. The average molecular weight is 251 g/mol. The van der Waals surface area contributed by atoms with E-state index < -0.39 is 23.2 Å². The summed E-state index contributed by atoms with van der Waals surface area (Å²) in [5.41, 5.74) is -0.598. The topological polar surface area (TPSA) is 56.0 Å². The van der Waals surface area contributed by atoms with E-state index in [0.717, 1.165) is 4.57 Å². The minimum atomic E-state index is -0.476. The van der Waals surface area contributed by atoms with Crippen molar-refractivity contribution in [3.8, 4) is 0 Å². The third kappa shape index (κ3) is 1.74. The molecule has 0 radical (unpaired) electrons. The first-order chi connectivity index (χ1) is 8.47. The fourth-order valence-electron chi connectivity index (χ4n) is 1.92. The summed E-state index contributed by atoms with van der Waals surface area (Å²) in [5.74, 6) is -0.476. The Kier molecular flexibility index (Phi) is 3.04. The molecule has 1 aromatic heterocycles. The molecule has 0 bridgehead atoms. The second-order valence-corrected chi connectivity index (χ2v) is 4.14. The van der Waals surface area contributed by atoms with Crippen LogP contribution in [0.25, 0.3) is 10.9 Å². The van der Waals surface area contributed by atoms with Crippen LogP contribution in [0.5, 0.6) is 0 Å². The molecule has 0 saturated carbocycles. The van der Waals surface area contributed by atoms with Gasteiger partial charge in [0, 0.05) is 7.05 Å². The number of aryl methyl sites for hydroxylation is 1. The fourth-order valence-corrected chi connectivity index (χ4v) is 1.92. The van der Waals surface area contributed by atoms with Crippen molar-refractivity contribution >= 4 is 10.9 Å². The maximum Gasteiger partial charge on any atom is 0.332 e. The predicted octanol–water partition coefficient (Wildman–Crippen LogP) is 0.577. The summed E-state index contributed by atoms with van der Waals surface area (Å²) in [6, 6.07) is 3.79. The maximum absolute atomic E-state index is 13.2. The van der Waals surface area contributed by atoms with Crippen LogP contribution in [0.1, 0.15) is 13.1 Å². The molecule has 5 nitrogen and oxygen atoms in total. The second-order valence-electron chi connectivity index (χ2n) is 4.14. The number of fused-ring (bicyclic) bond motifs is 1. The van der Waals surface area contributed by atoms with Gasteiger partial charge in [-0.15, -0.1) is 0 Å². The van der Waals surface area contributed by atoms with E-state index in [4.69, 9.17) is 0 Å². The minimum Gasteiger partial charge on any atom is -0.300 e. The molecule has 0 aliphatic rings. The monoisotopic (exact) mass is 251 g/mol. The highest BCUT2D eigenvalue weighted by atomic mass is 19.1. The van der Waals surface area contributed by atoms with Crippen molar-refractivity contribution in [2.45, 2.75) is 13.1 Å². The molecule has 2 aromatic rings. The second kappa shape index (κ2) is 4.38. The van der Waals surface area contributed by atoms with Crippen LogP contribution in [0.2, 0.25) is 0 Å². The van der Waals surface area contributed by atoms with Gasteiger partial charge in [-0.2, -0.15) is 0 Å². The molecule has 0 aliphatic heterocycles. The van der Waals surface area contributed by atoms with Crippen LogP contribution in [0.15, 0.2) is 27.8 Å². The van der Waals surface area contributed by atoms with Crippen molar-refractivity contribution in [1.29, 1.82) is 0 Å². The SMILES string of the molecule is CNC(C)n1c(=O)c2ccc(F)cc2n(C)c1=O. The lowest BCUT2D eigenvalue weighted by Gasteiger charge is -2.16. The molecule has 18 heavy (non-hydrogen) atoms. The van der Waals surface area contributed by atoms with Crippen molar-refractivity contribution in [3.63, 3.8) is 0 Å². The Hall–Kier alpha value is -1.95. The molecule has 1 unspecified atom stereocenters. The first-order valence-electron chi connectivity index (χ1n) is 5.55. The first kappa shape index (κ1) is 12.5. The zero-order valence-corrected chi connectivity index (χ0v) is 10.4. The van der Waals surface area contributed by atoms with Gasteiger partial charge in [-0.1, -0.05) is 0 Å². The number of halogens is 1. The molecule has 1 aromatic carbocycles. The molecular weight excluding hydrogens is 237 g/mol. The highest BCUT2D eigenvalue weighted by molar-refractivity contribution is 5.77. The lowest BCUT2D eigenvalue weighted by Crippen LogP contribution is -2.44. The molecule has 96 valence electrons. The van der Waals surface area contributed by atoms with Crippen molar-refractivity contribution in [1.82, 2.24) is 14.5 Å². The van der Waals surface area contributed by atoms with Crippen molar-refractivity contribution in [2.75, 3.05) is 7.05 Å². The Morgan fingerprint density at radius 1 is 1.33 bits per heavy atom. The maximum atomic E-state index is 13.2. The van der Waals surface area contributed by atoms with E-state index in [1.807, 2.05) is 0 Å². The number of hydrogen-bond acceptors (Lipinski definition) is 3. The normalized spacial score (nSPS) is 12.9. The van der Waals surface area contributed by atoms with E-state index in [1.165, 1.54) is 29.8 Å². The van der Waals surface area contributed by atoms with E-state index in [2.05, 4.69) is 5.32 Å². The average Bonchev–Trinajstić information content (AvgIpc) is 2.35. The fraction of sp³-hybridized carbons (Fsp3) is 0.333. The van der Waals surface area contributed by atoms with E-state index in [1.54, 1.807) is 14.0 Å². The third-order valence-electron chi connectivity index (χ3n) is 3.07. The summed E-state index contributed by atoms with van der Waals surface area (Å²) < 4.78 is 15.6. The Morgan fingerprint density at radius 3 is 2.61 bits per heavy atom. The van der Waals surface area contributed by atoms with Crippen molar-refractivity contribution in [2.24, 2.45) is 7.05 Å². The van der Waals surface area contributed by atoms with Crippen LogP contribution in [0.3, 0.4) is 0 Å². The van der Waals surface area contributed by atoms with Crippen LogP contribution in [-0.2, 0) is 7.05 Å². The third-order valence-corrected chi connectivity index (χ3v) is 3.07. The van der Waals surface area contributed by atoms with Gasteiger partial charge >= 0.3 is 5.69 Å². The molecule has 0 aliphatic carbocycles. The lowest BCUT2D eigenvalue weighted by molar-refractivity contribution is 0.437. The lowest BCUT2D eigenvalue weighted by atomic mass is 10.2. The van der Waals surface area contributed by atoms with Crippen LogP contribution in [-0.4, -0.2) is 16.2 Å². The summed E-state index contributed by atoms with van der Waals surface area (Å²) in [6.07, 6.45) is -0.425. The zero-order chi connectivity index (χ0) is 13.4. The number of nitrogens with one attached hydrogen (secondary N) is 1. The van der Waals surface area contributed by atoms with Crippen LogP contribution in [0.4, 0.5) is 4.39 Å². The molecule has 2 rings (SSSR count). The Bertz CT molecular complexity index is 718. The molecular formula is C12H14FN3O2. The zero-order valence-electron chi connectivity index (χ0n) is 10.4. The minimum absolute atomic E-state index is 0.296.